The number of halogens is 3. The third-order valence-electron chi connectivity index (χ3n) is 3.35. The van der Waals surface area contributed by atoms with E-state index < -0.39 is 35.5 Å². The van der Waals surface area contributed by atoms with Crippen LogP contribution in [0.3, 0.4) is 0 Å². The lowest BCUT2D eigenvalue weighted by atomic mass is 9.80. The molecule has 20 heavy (non-hydrogen) atoms. The molecule has 0 saturated carbocycles. The van der Waals surface area contributed by atoms with Crippen LogP contribution in [0.15, 0.2) is 24.3 Å². The van der Waals surface area contributed by atoms with Crippen molar-refractivity contribution >= 4 is 11.9 Å². The number of carboxylic acids is 1. The Balaban J connectivity index is 2.38. The van der Waals surface area contributed by atoms with Crippen LogP contribution in [0.1, 0.15) is 23.5 Å². The molecule has 0 spiro atoms. The SMILES string of the molecule is O=C(O)C1C(=O)NCCC1c1cccc(C(F)(F)F)c1. The van der Waals surface area contributed by atoms with E-state index in [0.717, 1.165) is 12.1 Å². The Morgan fingerprint density at radius 2 is 2.05 bits per heavy atom. The smallest absolute Gasteiger partial charge is 0.416 e. The number of carbonyl (C=O) groups excluding carboxylic acids is 1. The molecule has 1 fully saturated rings. The molecule has 2 rings (SSSR count). The van der Waals surface area contributed by atoms with Crippen molar-refractivity contribution in [2.24, 2.45) is 5.92 Å². The zero-order valence-corrected chi connectivity index (χ0v) is 10.3. The number of piperidine rings is 1. The second-order valence-electron chi connectivity index (χ2n) is 4.63. The van der Waals surface area contributed by atoms with Crippen molar-refractivity contribution in [2.45, 2.75) is 18.5 Å². The molecule has 4 nitrogen and oxygen atoms in total. The van der Waals surface area contributed by atoms with Gasteiger partial charge in [-0.3, -0.25) is 9.59 Å². The van der Waals surface area contributed by atoms with Crippen molar-refractivity contribution in [2.75, 3.05) is 6.54 Å². The molecule has 7 heteroatoms. The van der Waals surface area contributed by atoms with Crippen LogP contribution in [0.4, 0.5) is 13.2 Å². The molecule has 1 aliphatic heterocycles. The molecule has 1 heterocycles. The van der Waals surface area contributed by atoms with E-state index in [-0.39, 0.29) is 12.1 Å². The average Bonchev–Trinajstić information content (AvgIpc) is 2.37. The second-order valence-corrected chi connectivity index (χ2v) is 4.63. The summed E-state index contributed by atoms with van der Waals surface area (Å²) in [6, 6.07) is 4.49. The molecular formula is C13H12F3NO3. The van der Waals surface area contributed by atoms with Gasteiger partial charge in [-0.1, -0.05) is 18.2 Å². The second kappa shape index (κ2) is 5.15. The van der Waals surface area contributed by atoms with Gasteiger partial charge in [0.15, 0.2) is 0 Å². The summed E-state index contributed by atoms with van der Waals surface area (Å²) in [6.07, 6.45) is -4.20. The predicted octanol–water partition coefficient (Wildman–Crippen LogP) is 2.01. The summed E-state index contributed by atoms with van der Waals surface area (Å²) in [4.78, 5) is 22.7. The monoisotopic (exact) mass is 287 g/mol. The Labute approximate surface area is 112 Å². The largest absolute Gasteiger partial charge is 0.481 e. The van der Waals surface area contributed by atoms with Crippen LogP contribution in [0, 0.1) is 5.92 Å². The zero-order valence-electron chi connectivity index (χ0n) is 10.3. The molecule has 0 aromatic heterocycles. The number of carboxylic acid groups (broad SMARTS) is 1. The summed E-state index contributed by atoms with van der Waals surface area (Å²) in [5.41, 5.74) is -0.618. The molecule has 1 aliphatic rings. The van der Waals surface area contributed by atoms with E-state index in [1.54, 1.807) is 0 Å². The normalized spacial score (nSPS) is 23.2. The van der Waals surface area contributed by atoms with E-state index in [1.165, 1.54) is 12.1 Å². The van der Waals surface area contributed by atoms with Gasteiger partial charge in [-0.15, -0.1) is 0 Å². The number of alkyl halides is 3. The van der Waals surface area contributed by atoms with Gasteiger partial charge in [0.25, 0.3) is 0 Å². The van der Waals surface area contributed by atoms with E-state index >= 15 is 0 Å². The predicted molar refractivity (Wildman–Crippen MR) is 62.9 cm³/mol. The first kappa shape index (κ1) is 14.4. The van der Waals surface area contributed by atoms with Crippen LogP contribution in [0.25, 0.3) is 0 Å². The molecule has 1 aromatic rings. The number of amides is 1. The molecule has 0 radical (unpaired) electrons. The van der Waals surface area contributed by atoms with Gasteiger partial charge in [-0.05, 0) is 18.1 Å². The van der Waals surface area contributed by atoms with Crippen LogP contribution < -0.4 is 5.32 Å². The molecule has 1 saturated heterocycles. The Morgan fingerprint density at radius 1 is 1.35 bits per heavy atom. The first-order valence-electron chi connectivity index (χ1n) is 5.98. The summed E-state index contributed by atoms with van der Waals surface area (Å²) < 4.78 is 38.0. The maximum Gasteiger partial charge on any atom is 0.416 e. The lowest BCUT2D eigenvalue weighted by Crippen LogP contribution is -2.44. The van der Waals surface area contributed by atoms with Crippen molar-refractivity contribution in [3.63, 3.8) is 0 Å². The first-order chi connectivity index (χ1) is 9.30. The molecule has 2 unspecified atom stereocenters. The van der Waals surface area contributed by atoms with Crippen LogP contribution >= 0.6 is 0 Å². The van der Waals surface area contributed by atoms with E-state index in [1.807, 2.05) is 0 Å². The fourth-order valence-electron chi connectivity index (χ4n) is 2.40. The summed E-state index contributed by atoms with van der Waals surface area (Å²) in [5, 5.41) is 11.5. The van der Waals surface area contributed by atoms with E-state index in [2.05, 4.69) is 5.32 Å². The number of hydrogen-bond donors (Lipinski definition) is 2. The van der Waals surface area contributed by atoms with Gasteiger partial charge in [0.2, 0.25) is 5.91 Å². The van der Waals surface area contributed by atoms with Crippen LogP contribution in [-0.2, 0) is 15.8 Å². The van der Waals surface area contributed by atoms with Crippen molar-refractivity contribution in [1.82, 2.24) is 5.32 Å². The highest BCUT2D eigenvalue weighted by Gasteiger charge is 2.39. The third kappa shape index (κ3) is 2.76. The Morgan fingerprint density at radius 3 is 2.65 bits per heavy atom. The highest BCUT2D eigenvalue weighted by atomic mass is 19.4. The third-order valence-corrected chi connectivity index (χ3v) is 3.35. The number of carbonyl (C=O) groups is 2. The van der Waals surface area contributed by atoms with Gasteiger partial charge in [-0.2, -0.15) is 13.2 Å². The van der Waals surface area contributed by atoms with Gasteiger partial charge in [0.1, 0.15) is 5.92 Å². The number of aliphatic carboxylic acids is 1. The molecule has 2 N–H and O–H groups in total. The number of nitrogens with one attached hydrogen (secondary N) is 1. The summed E-state index contributed by atoms with van der Waals surface area (Å²) in [7, 11) is 0. The minimum Gasteiger partial charge on any atom is -0.481 e. The van der Waals surface area contributed by atoms with Gasteiger partial charge >= 0.3 is 12.1 Å². The molecule has 2 atom stereocenters. The standard InChI is InChI=1S/C13H12F3NO3/c14-13(15,16)8-3-1-2-7(6-8)9-4-5-17-11(18)10(9)12(19)20/h1-3,6,9-10H,4-5H2,(H,17,18)(H,19,20). The average molecular weight is 287 g/mol. The Bertz CT molecular complexity index is 542. The van der Waals surface area contributed by atoms with Crippen molar-refractivity contribution in [3.05, 3.63) is 35.4 Å². The van der Waals surface area contributed by atoms with E-state index in [0.29, 0.717) is 6.42 Å². The number of benzene rings is 1. The fourth-order valence-corrected chi connectivity index (χ4v) is 2.40. The van der Waals surface area contributed by atoms with Gasteiger partial charge in [0.05, 0.1) is 5.56 Å². The number of hydrogen-bond acceptors (Lipinski definition) is 2. The molecule has 108 valence electrons. The maximum atomic E-state index is 12.7. The molecule has 0 aliphatic carbocycles. The fraction of sp³-hybridized carbons (Fsp3) is 0.385. The van der Waals surface area contributed by atoms with Crippen molar-refractivity contribution < 1.29 is 27.9 Å². The van der Waals surface area contributed by atoms with Gasteiger partial charge < -0.3 is 10.4 Å². The molecule has 0 bridgehead atoms. The van der Waals surface area contributed by atoms with Crippen molar-refractivity contribution in [3.8, 4) is 0 Å². The summed E-state index contributed by atoms with van der Waals surface area (Å²) in [6.45, 7) is 0.253. The number of rotatable bonds is 2. The molecular weight excluding hydrogens is 275 g/mol. The summed E-state index contributed by atoms with van der Waals surface area (Å²) >= 11 is 0. The van der Waals surface area contributed by atoms with E-state index in [9.17, 15) is 22.8 Å². The maximum absolute atomic E-state index is 12.7. The van der Waals surface area contributed by atoms with Gasteiger partial charge in [-0.25, -0.2) is 0 Å². The van der Waals surface area contributed by atoms with Crippen LogP contribution in [-0.4, -0.2) is 23.5 Å². The summed E-state index contributed by atoms with van der Waals surface area (Å²) in [5.74, 6) is -4.09. The minimum absolute atomic E-state index is 0.224. The van der Waals surface area contributed by atoms with Gasteiger partial charge in [0, 0.05) is 12.5 Å². The lowest BCUT2D eigenvalue weighted by molar-refractivity contribution is -0.149. The van der Waals surface area contributed by atoms with Crippen molar-refractivity contribution in [1.29, 1.82) is 0 Å². The highest BCUT2D eigenvalue weighted by molar-refractivity contribution is 5.98. The Kier molecular flexibility index (Phi) is 3.69. The highest BCUT2D eigenvalue weighted by Crippen LogP contribution is 2.35. The molecule has 1 amide bonds. The topological polar surface area (TPSA) is 66.4 Å². The van der Waals surface area contributed by atoms with E-state index in [4.69, 9.17) is 5.11 Å². The first-order valence-corrected chi connectivity index (χ1v) is 5.98. The minimum atomic E-state index is -4.49. The molecule has 1 aromatic carbocycles. The zero-order chi connectivity index (χ0) is 14.9. The Hall–Kier alpha value is -2.05. The van der Waals surface area contributed by atoms with Crippen LogP contribution in [0.5, 0.6) is 0 Å². The van der Waals surface area contributed by atoms with Crippen LogP contribution in [0.2, 0.25) is 0 Å². The lowest BCUT2D eigenvalue weighted by Gasteiger charge is -2.29. The quantitative estimate of drug-likeness (QED) is 0.818.